The standard InChI is InChI=1S/C7H10N.ClH.H2O/c1-2-8-6-4-3-5-7-8;;/h3-7H,2H2,1H3;1H;1H2/q+1;;/p-1. The van der Waals surface area contributed by atoms with E-state index in [4.69, 9.17) is 0 Å². The third-order valence-corrected chi connectivity index (χ3v) is 1.14. The summed E-state index contributed by atoms with van der Waals surface area (Å²) < 4.78 is 2.12. The molecule has 0 bridgehead atoms. The lowest BCUT2D eigenvalue weighted by molar-refractivity contribution is -0.693. The van der Waals surface area contributed by atoms with Crippen LogP contribution in [0.1, 0.15) is 6.92 Å². The van der Waals surface area contributed by atoms with Gasteiger partial charge in [0.1, 0.15) is 6.54 Å². The highest BCUT2D eigenvalue weighted by Crippen LogP contribution is 1.74. The minimum atomic E-state index is 0. The third kappa shape index (κ3) is 3.43. The highest BCUT2D eigenvalue weighted by Gasteiger charge is 1.86. The molecule has 1 aromatic heterocycles. The Balaban J connectivity index is 0. The second-order valence-electron chi connectivity index (χ2n) is 1.71. The van der Waals surface area contributed by atoms with Gasteiger partial charge in [0.25, 0.3) is 0 Å². The molecule has 2 nitrogen and oxygen atoms in total. The predicted molar refractivity (Wildman–Crippen MR) is 35.9 cm³/mol. The molecule has 0 radical (unpaired) electrons. The van der Waals surface area contributed by atoms with Gasteiger partial charge in [0.05, 0.1) is 0 Å². The van der Waals surface area contributed by atoms with E-state index in [1.807, 2.05) is 18.2 Å². The monoisotopic (exact) mass is 161 g/mol. The summed E-state index contributed by atoms with van der Waals surface area (Å²) in [4.78, 5) is 0. The predicted octanol–water partition coefficient (Wildman–Crippen LogP) is -2.83. The molecule has 1 aromatic rings. The first-order valence-electron chi connectivity index (χ1n) is 2.87. The van der Waals surface area contributed by atoms with E-state index >= 15 is 0 Å². The van der Waals surface area contributed by atoms with E-state index in [-0.39, 0.29) is 17.9 Å². The highest BCUT2D eigenvalue weighted by molar-refractivity contribution is 4.83. The van der Waals surface area contributed by atoms with Gasteiger partial charge in [-0.25, -0.2) is 4.57 Å². The van der Waals surface area contributed by atoms with Gasteiger partial charge in [0.15, 0.2) is 12.4 Å². The minimum absolute atomic E-state index is 0. The molecule has 3 heteroatoms. The molecule has 10 heavy (non-hydrogen) atoms. The van der Waals surface area contributed by atoms with Gasteiger partial charge in [0.2, 0.25) is 0 Å². The van der Waals surface area contributed by atoms with E-state index in [1.54, 1.807) is 0 Å². The van der Waals surface area contributed by atoms with E-state index in [9.17, 15) is 0 Å². The molecule has 0 unspecified atom stereocenters. The zero-order valence-electron chi connectivity index (χ0n) is 5.92. The number of nitrogens with zero attached hydrogens (tertiary/aromatic N) is 1. The first kappa shape index (κ1) is 12.1. The first-order chi connectivity index (χ1) is 3.93. The summed E-state index contributed by atoms with van der Waals surface area (Å²) in [5.74, 6) is 0. The Morgan fingerprint density at radius 3 is 1.90 bits per heavy atom. The molecule has 0 fully saturated rings. The van der Waals surface area contributed by atoms with Crippen molar-refractivity contribution in [2.24, 2.45) is 0 Å². The Kier molecular flexibility index (Phi) is 7.90. The van der Waals surface area contributed by atoms with Gasteiger partial charge in [-0.05, 0) is 6.92 Å². The number of aryl methyl sites for hydroxylation is 1. The van der Waals surface area contributed by atoms with Crippen LogP contribution in [0.25, 0.3) is 0 Å². The summed E-state index contributed by atoms with van der Waals surface area (Å²) in [5, 5.41) is 0. The number of hydrogen-bond acceptors (Lipinski definition) is 0. The lowest BCUT2D eigenvalue weighted by atomic mass is 10.5. The van der Waals surface area contributed by atoms with Crippen molar-refractivity contribution in [3.63, 3.8) is 0 Å². The van der Waals surface area contributed by atoms with Crippen LogP contribution in [0.3, 0.4) is 0 Å². The molecule has 0 atom stereocenters. The Labute approximate surface area is 67.2 Å². The summed E-state index contributed by atoms with van der Waals surface area (Å²) in [7, 11) is 0. The SMILES string of the molecule is CC[n+]1ccccc1.O.[Cl-]. The van der Waals surface area contributed by atoms with Gasteiger partial charge in [-0.15, -0.1) is 0 Å². The average molecular weight is 162 g/mol. The van der Waals surface area contributed by atoms with E-state index in [2.05, 4.69) is 23.9 Å². The maximum atomic E-state index is 2.12. The fourth-order valence-electron chi connectivity index (χ4n) is 0.645. The number of rotatable bonds is 1. The number of pyridine rings is 1. The van der Waals surface area contributed by atoms with Crippen LogP contribution in [0.15, 0.2) is 30.6 Å². The van der Waals surface area contributed by atoms with E-state index < -0.39 is 0 Å². The molecule has 0 aliphatic carbocycles. The summed E-state index contributed by atoms with van der Waals surface area (Å²) in [6.45, 7) is 3.18. The third-order valence-electron chi connectivity index (χ3n) is 1.14. The van der Waals surface area contributed by atoms with Crippen molar-refractivity contribution >= 4 is 0 Å². The van der Waals surface area contributed by atoms with Crippen LogP contribution >= 0.6 is 0 Å². The van der Waals surface area contributed by atoms with Crippen molar-refractivity contribution < 1.29 is 22.5 Å². The molecule has 0 saturated heterocycles. The van der Waals surface area contributed by atoms with Crippen molar-refractivity contribution in [3.05, 3.63) is 30.6 Å². The van der Waals surface area contributed by atoms with Crippen LogP contribution < -0.4 is 17.0 Å². The smallest absolute Gasteiger partial charge is 0.168 e. The topological polar surface area (TPSA) is 35.4 Å². The fraction of sp³-hybridized carbons (Fsp3) is 0.286. The second kappa shape index (κ2) is 6.52. The van der Waals surface area contributed by atoms with Crippen molar-refractivity contribution in [2.45, 2.75) is 13.5 Å². The molecule has 0 spiro atoms. The second-order valence-corrected chi connectivity index (χ2v) is 1.71. The molecule has 0 amide bonds. The van der Waals surface area contributed by atoms with Gasteiger partial charge in [-0.3, -0.25) is 0 Å². The van der Waals surface area contributed by atoms with Crippen LogP contribution in [0, 0.1) is 0 Å². The van der Waals surface area contributed by atoms with E-state index in [0.29, 0.717) is 0 Å². The van der Waals surface area contributed by atoms with Crippen LogP contribution in [-0.2, 0) is 6.54 Å². The number of halogens is 1. The van der Waals surface area contributed by atoms with Crippen molar-refractivity contribution in [2.75, 3.05) is 0 Å². The van der Waals surface area contributed by atoms with Crippen LogP contribution in [0.2, 0.25) is 0 Å². The Bertz CT molecular complexity index is 155. The van der Waals surface area contributed by atoms with Crippen molar-refractivity contribution in [3.8, 4) is 0 Å². The molecule has 2 N–H and O–H groups in total. The Morgan fingerprint density at radius 1 is 1.10 bits per heavy atom. The maximum Gasteiger partial charge on any atom is 0.168 e. The number of hydrogen-bond donors (Lipinski definition) is 0. The fourth-order valence-corrected chi connectivity index (χ4v) is 0.645. The minimum Gasteiger partial charge on any atom is -1.00 e. The lowest BCUT2D eigenvalue weighted by Crippen LogP contribution is -3.00. The molecule has 0 aliphatic rings. The summed E-state index contributed by atoms with van der Waals surface area (Å²) in [5.41, 5.74) is 0. The highest BCUT2D eigenvalue weighted by atomic mass is 35.5. The molecular weight excluding hydrogens is 150 g/mol. The van der Waals surface area contributed by atoms with Gasteiger partial charge >= 0.3 is 0 Å². The molecule has 1 heterocycles. The van der Waals surface area contributed by atoms with Gasteiger partial charge in [0, 0.05) is 12.1 Å². The number of aromatic nitrogens is 1. The normalized spacial score (nSPS) is 7.30. The summed E-state index contributed by atoms with van der Waals surface area (Å²) in [6, 6.07) is 6.08. The Hall–Kier alpha value is -0.600. The van der Waals surface area contributed by atoms with E-state index in [1.165, 1.54) is 0 Å². The molecular formula is C7H12ClNO. The molecule has 0 aromatic carbocycles. The molecule has 0 aliphatic heterocycles. The van der Waals surface area contributed by atoms with Gasteiger partial charge < -0.3 is 17.9 Å². The summed E-state index contributed by atoms with van der Waals surface area (Å²) >= 11 is 0. The summed E-state index contributed by atoms with van der Waals surface area (Å²) in [6.07, 6.45) is 4.11. The zero-order chi connectivity index (χ0) is 5.82. The zero-order valence-corrected chi connectivity index (χ0v) is 6.67. The van der Waals surface area contributed by atoms with Crippen molar-refractivity contribution in [1.82, 2.24) is 0 Å². The first-order valence-corrected chi connectivity index (χ1v) is 2.87. The molecule has 58 valence electrons. The largest absolute Gasteiger partial charge is 1.00 e. The van der Waals surface area contributed by atoms with Crippen LogP contribution in [-0.4, -0.2) is 5.48 Å². The average Bonchev–Trinajstić information content (AvgIpc) is 1.90. The van der Waals surface area contributed by atoms with Crippen LogP contribution in [0.4, 0.5) is 0 Å². The Morgan fingerprint density at radius 2 is 1.60 bits per heavy atom. The van der Waals surface area contributed by atoms with Gasteiger partial charge in [-0.1, -0.05) is 6.07 Å². The lowest BCUT2D eigenvalue weighted by Gasteiger charge is -1.84. The molecule has 1 rings (SSSR count). The van der Waals surface area contributed by atoms with Crippen LogP contribution in [0.5, 0.6) is 0 Å². The van der Waals surface area contributed by atoms with E-state index in [0.717, 1.165) is 6.54 Å². The van der Waals surface area contributed by atoms with Gasteiger partial charge in [-0.2, -0.15) is 0 Å². The quantitative estimate of drug-likeness (QED) is 0.399. The maximum absolute atomic E-state index is 2.12. The molecule has 0 saturated carbocycles. The van der Waals surface area contributed by atoms with Crippen molar-refractivity contribution in [1.29, 1.82) is 0 Å².